The molecule has 1 aliphatic rings. The van der Waals surface area contributed by atoms with Gasteiger partial charge in [0.2, 0.25) is 0 Å². The highest BCUT2D eigenvalue weighted by atomic mass is 16.7. The summed E-state index contributed by atoms with van der Waals surface area (Å²) in [6.07, 6.45) is 19.5. The third kappa shape index (κ3) is 21.9. The molecule has 0 spiro atoms. The van der Waals surface area contributed by atoms with E-state index in [1.807, 2.05) is 0 Å². The highest BCUT2D eigenvalue weighted by Crippen LogP contribution is 2.17. The van der Waals surface area contributed by atoms with Gasteiger partial charge in [0.15, 0.2) is 6.29 Å². The summed E-state index contributed by atoms with van der Waals surface area (Å²) in [6, 6.07) is 0. The number of hydrogen-bond donors (Lipinski definition) is 0. The van der Waals surface area contributed by atoms with Gasteiger partial charge in [-0.15, -0.1) is 0 Å². The molecule has 1 saturated heterocycles. The van der Waals surface area contributed by atoms with Crippen LogP contribution in [0.25, 0.3) is 0 Å². The molecule has 8 nitrogen and oxygen atoms in total. The Morgan fingerprint density at radius 2 is 1.30 bits per heavy atom. The van der Waals surface area contributed by atoms with E-state index >= 15 is 0 Å². The van der Waals surface area contributed by atoms with Crippen LogP contribution in [0.3, 0.4) is 0 Å². The largest absolute Gasteiger partial charge is 0.460 e. The first-order valence-electron chi connectivity index (χ1n) is 18.1. The average Bonchev–Trinajstić information content (AvgIpc) is 3.02. The van der Waals surface area contributed by atoms with Gasteiger partial charge in [-0.25, -0.2) is 4.79 Å². The summed E-state index contributed by atoms with van der Waals surface area (Å²) >= 11 is 0. The van der Waals surface area contributed by atoms with Crippen LogP contribution in [0, 0.1) is 0 Å². The Hall–Kier alpha value is -1.38. The molecule has 43 heavy (non-hydrogen) atoms. The second-order valence-electron chi connectivity index (χ2n) is 12.1. The molecule has 1 rings (SSSR count). The van der Waals surface area contributed by atoms with Crippen molar-refractivity contribution in [2.24, 2.45) is 0 Å². The lowest BCUT2D eigenvalue weighted by Gasteiger charge is -2.31. The molecule has 0 radical (unpaired) electrons. The Bertz CT molecular complexity index is 640. The van der Waals surface area contributed by atoms with Crippen molar-refractivity contribution in [3.63, 3.8) is 0 Å². The van der Waals surface area contributed by atoms with E-state index in [0.29, 0.717) is 39.3 Å². The first-order valence-corrected chi connectivity index (χ1v) is 18.1. The van der Waals surface area contributed by atoms with E-state index in [1.54, 1.807) is 4.90 Å². The molecule has 0 aromatic heterocycles. The molecule has 1 fully saturated rings. The van der Waals surface area contributed by atoms with E-state index in [4.69, 9.17) is 18.9 Å². The van der Waals surface area contributed by atoms with Crippen molar-refractivity contribution in [1.82, 2.24) is 9.80 Å². The monoisotopic (exact) mass is 613 g/mol. The Morgan fingerprint density at radius 3 is 1.86 bits per heavy atom. The molecule has 0 saturated carbocycles. The van der Waals surface area contributed by atoms with E-state index in [-0.39, 0.29) is 30.9 Å². The van der Waals surface area contributed by atoms with E-state index in [0.717, 1.165) is 51.7 Å². The number of nitrogens with zero attached hydrogens (tertiary/aromatic N) is 2. The summed E-state index contributed by atoms with van der Waals surface area (Å²) in [4.78, 5) is 29.3. The second-order valence-corrected chi connectivity index (χ2v) is 12.1. The zero-order valence-corrected chi connectivity index (χ0v) is 28.6. The Kier molecular flexibility index (Phi) is 25.9. The van der Waals surface area contributed by atoms with Crippen molar-refractivity contribution in [2.45, 2.75) is 162 Å². The van der Waals surface area contributed by atoms with Gasteiger partial charge in [-0.05, 0) is 45.2 Å². The predicted molar refractivity (Wildman–Crippen MR) is 175 cm³/mol. The van der Waals surface area contributed by atoms with Crippen LogP contribution < -0.4 is 0 Å². The molecule has 0 aromatic carbocycles. The van der Waals surface area contributed by atoms with E-state index < -0.39 is 0 Å². The van der Waals surface area contributed by atoms with Crippen molar-refractivity contribution < 1.29 is 28.5 Å². The maximum absolute atomic E-state index is 12.8. The van der Waals surface area contributed by atoms with Gasteiger partial charge in [0.25, 0.3) is 0 Å². The number of carbonyl (C=O) groups excluding carboxylic acids is 2. The minimum atomic E-state index is -0.373. The van der Waals surface area contributed by atoms with Crippen molar-refractivity contribution in [3.05, 3.63) is 0 Å². The molecule has 0 aliphatic carbocycles. The Morgan fingerprint density at radius 1 is 0.744 bits per heavy atom. The maximum atomic E-state index is 12.8. The zero-order chi connectivity index (χ0) is 31.4. The van der Waals surface area contributed by atoms with Crippen molar-refractivity contribution in [3.8, 4) is 0 Å². The van der Waals surface area contributed by atoms with Crippen LogP contribution in [-0.2, 0) is 23.7 Å². The smallest absolute Gasteiger partial charge is 0.409 e. The third-order valence-corrected chi connectivity index (χ3v) is 8.36. The number of hydrogen-bond acceptors (Lipinski definition) is 7. The van der Waals surface area contributed by atoms with Gasteiger partial charge in [0, 0.05) is 32.7 Å². The van der Waals surface area contributed by atoms with Gasteiger partial charge in [-0.2, -0.15) is 0 Å². The molecule has 1 amide bonds. The standard InChI is InChI=1S/C35H68N2O6/c1-5-9-11-13-15-17-19-28-40-34(41-29-20-18-16-14-12-10-6-2)25-24-33(38)43-32-23-21-27-37(31-32)35(39)42-30-22-26-36(7-3)8-4/h32,34H,5-31H2,1-4H3. The first kappa shape index (κ1) is 39.6. The van der Waals surface area contributed by atoms with Crippen molar-refractivity contribution >= 4 is 12.1 Å². The quantitative estimate of drug-likeness (QED) is 0.0498. The second kappa shape index (κ2) is 28.1. The van der Waals surface area contributed by atoms with Crippen LogP contribution in [0.15, 0.2) is 0 Å². The van der Waals surface area contributed by atoms with Gasteiger partial charge in [-0.1, -0.05) is 105 Å². The van der Waals surface area contributed by atoms with E-state index in [1.165, 1.54) is 77.0 Å². The highest BCUT2D eigenvalue weighted by molar-refractivity contribution is 5.70. The lowest BCUT2D eigenvalue weighted by atomic mass is 10.1. The SMILES string of the molecule is CCCCCCCCCOC(CCC(=O)OC1CCCN(C(=O)OCCCN(CC)CC)C1)OCCCCCCCCC. The number of unbranched alkanes of at least 4 members (excludes halogenated alkanes) is 12. The fourth-order valence-electron chi connectivity index (χ4n) is 5.52. The zero-order valence-electron chi connectivity index (χ0n) is 28.6. The molecular formula is C35H68N2O6. The topological polar surface area (TPSA) is 77.5 Å². The summed E-state index contributed by atoms with van der Waals surface area (Å²) < 4.78 is 23.5. The first-order chi connectivity index (χ1) is 21.0. The number of likely N-dealkylation sites (tertiary alicyclic amines) is 1. The van der Waals surface area contributed by atoms with Crippen LogP contribution in [0.4, 0.5) is 4.79 Å². The molecule has 1 aliphatic heterocycles. The lowest BCUT2D eigenvalue weighted by molar-refractivity contribution is -0.163. The van der Waals surface area contributed by atoms with Crippen LogP contribution in [0.2, 0.25) is 0 Å². The number of esters is 1. The number of carbonyl (C=O) groups is 2. The molecule has 8 heteroatoms. The molecule has 1 unspecified atom stereocenters. The van der Waals surface area contributed by atoms with Gasteiger partial charge in [-0.3, -0.25) is 4.79 Å². The minimum absolute atomic E-state index is 0.247. The summed E-state index contributed by atoms with van der Waals surface area (Å²) in [5.74, 6) is -0.247. The van der Waals surface area contributed by atoms with Gasteiger partial charge in [0.1, 0.15) is 6.10 Å². The average molecular weight is 613 g/mol. The number of ether oxygens (including phenoxy) is 4. The number of piperidine rings is 1. The number of amides is 1. The van der Waals surface area contributed by atoms with E-state index in [9.17, 15) is 9.59 Å². The molecule has 1 atom stereocenters. The molecule has 0 aromatic rings. The number of rotatable bonds is 28. The van der Waals surface area contributed by atoms with Crippen molar-refractivity contribution in [2.75, 3.05) is 52.5 Å². The highest BCUT2D eigenvalue weighted by Gasteiger charge is 2.27. The van der Waals surface area contributed by atoms with Gasteiger partial charge in [0.05, 0.1) is 19.6 Å². The Balaban J connectivity index is 2.37. The fourth-order valence-corrected chi connectivity index (χ4v) is 5.52. The maximum Gasteiger partial charge on any atom is 0.409 e. The molecular weight excluding hydrogens is 544 g/mol. The fraction of sp³-hybridized carbons (Fsp3) is 0.943. The lowest BCUT2D eigenvalue weighted by Crippen LogP contribution is -2.44. The van der Waals surface area contributed by atoms with Crippen LogP contribution in [0.5, 0.6) is 0 Å². The summed E-state index contributed by atoms with van der Waals surface area (Å²) in [5.41, 5.74) is 0. The summed E-state index contributed by atoms with van der Waals surface area (Å²) in [5, 5.41) is 0. The molecule has 254 valence electrons. The van der Waals surface area contributed by atoms with Gasteiger partial charge < -0.3 is 28.7 Å². The summed E-state index contributed by atoms with van der Waals surface area (Å²) in [6.45, 7) is 14.5. The van der Waals surface area contributed by atoms with Gasteiger partial charge >= 0.3 is 12.1 Å². The normalized spacial score (nSPS) is 15.4. The molecule has 0 bridgehead atoms. The molecule has 0 N–H and O–H groups in total. The summed E-state index contributed by atoms with van der Waals surface area (Å²) in [7, 11) is 0. The van der Waals surface area contributed by atoms with Crippen LogP contribution >= 0.6 is 0 Å². The Labute approximate surface area is 264 Å². The predicted octanol–water partition coefficient (Wildman–Crippen LogP) is 8.50. The van der Waals surface area contributed by atoms with Crippen LogP contribution in [-0.4, -0.2) is 86.8 Å². The third-order valence-electron chi connectivity index (χ3n) is 8.36. The minimum Gasteiger partial charge on any atom is -0.460 e. The molecule has 1 heterocycles. The van der Waals surface area contributed by atoms with E-state index in [2.05, 4.69) is 32.6 Å². The van der Waals surface area contributed by atoms with Crippen molar-refractivity contribution in [1.29, 1.82) is 0 Å². The van der Waals surface area contributed by atoms with Crippen LogP contribution in [0.1, 0.15) is 150 Å².